The van der Waals surface area contributed by atoms with Gasteiger partial charge < -0.3 is 15.1 Å². The minimum atomic E-state index is -0.294. The Balaban J connectivity index is 1.27. The monoisotopic (exact) mass is 462 g/mol. The highest BCUT2D eigenvalue weighted by molar-refractivity contribution is 5.94. The Hall–Kier alpha value is -3.19. The molecule has 2 saturated heterocycles. The molecule has 2 fully saturated rings. The van der Waals surface area contributed by atoms with E-state index in [9.17, 15) is 14.4 Å². The number of rotatable bonds is 6. The molecule has 2 aromatic carbocycles. The van der Waals surface area contributed by atoms with Crippen LogP contribution >= 0.6 is 0 Å². The van der Waals surface area contributed by atoms with Gasteiger partial charge in [-0.1, -0.05) is 48.5 Å². The standard InChI is InChI=1S/C27H34N4O3/c1-19-8-7-9-20(2)26(19)28-24(32)18-29-12-14-30(15-13-29)27(34)23-16-25(33)31(17-23)21(3)22-10-5-4-6-11-22/h4-11,21,23H,12-18H2,1-3H3,(H,28,32)/t21-,23-/m0/s1. The Bertz CT molecular complexity index is 1030. The van der Waals surface area contributed by atoms with Crippen molar-refractivity contribution in [3.8, 4) is 0 Å². The van der Waals surface area contributed by atoms with Gasteiger partial charge in [0.15, 0.2) is 0 Å². The first-order valence-electron chi connectivity index (χ1n) is 12.0. The topological polar surface area (TPSA) is 73.0 Å². The van der Waals surface area contributed by atoms with Crippen LogP contribution in [0.25, 0.3) is 0 Å². The van der Waals surface area contributed by atoms with Crippen molar-refractivity contribution in [1.29, 1.82) is 0 Å². The normalized spacial score (nSPS) is 19.9. The number of carbonyl (C=O) groups excluding carboxylic acids is 3. The molecule has 0 bridgehead atoms. The second-order valence-corrected chi connectivity index (χ2v) is 9.45. The molecule has 3 amide bonds. The fourth-order valence-corrected chi connectivity index (χ4v) is 4.96. The number of piperazine rings is 1. The molecule has 0 saturated carbocycles. The summed E-state index contributed by atoms with van der Waals surface area (Å²) in [5.41, 5.74) is 4.05. The van der Waals surface area contributed by atoms with E-state index in [-0.39, 0.29) is 36.1 Å². The lowest BCUT2D eigenvalue weighted by atomic mass is 10.1. The number of aryl methyl sites for hydroxylation is 2. The van der Waals surface area contributed by atoms with Crippen molar-refractivity contribution in [3.05, 3.63) is 65.2 Å². The number of likely N-dealkylation sites (tertiary alicyclic amines) is 1. The van der Waals surface area contributed by atoms with E-state index >= 15 is 0 Å². The van der Waals surface area contributed by atoms with Gasteiger partial charge in [-0.3, -0.25) is 19.3 Å². The Morgan fingerprint density at radius 1 is 0.971 bits per heavy atom. The average Bonchev–Trinajstić information content (AvgIpc) is 3.23. The van der Waals surface area contributed by atoms with E-state index in [2.05, 4.69) is 10.2 Å². The first-order valence-corrected chi connectivity index (χ1v) is 12.0. The highest BCUT2D eigenvalue weighted by Crippen LogP contribution is 2.29. The summed E-state index contributed by atoms with van der Waals surface area (Å²) in [6, 6.07) is 15.8. The second-order valence-electron chi connectivity index (χ2n) is 9.45. The van der Waals surface area contributed by atoms with Crippen molar-refractivity contribution < 1.29 is 14.4 Å². The maximum absolute atomic E-state index is 13.1. The molecule has 0 radical (unpaired) electrons. The first kappa shape index (κ1) is 24.0. The summed E-state index contributed by atoms with van der Waals surface area (Å²) in [4.78, 5) is 44.2. The summed E-state index contributed by atoms with van der Waals surface area (Å²) < 4.78 is 0. The van der Waals surface area contributed by atoms with Gasteiger partial charge in [-0.25, -0.2) is 0 Å². The molecule has 0 aliphatic carbocycles. The predicted molar refractivity (Wildman–Crippen MR) is 132 cm³/mol. The summed E-state index contributed by atoms with van der Waals surface area (Å²) in [5, 5.41) is 3.03. The van der Waals surface area contributed by atoms with Crippen molar-refractivity contribution in [3.63, 3.8) is 0 Å². The van der Waals surface area contributed by atoms with Gasteiger partial charge in [0.2, 0.25) is 17.7 Å². The molecule has 2 atom stereocenters. The van der Waals surface area contributed by atoms with E-state index in [4.69, 9.17) is 0 Å². The average molecular weight is 463 g/mol. The van der Waals surface area contributed by atoms with Crippen molar-refractivity contribution in [2.75, 3.05) is 44.6 Å². The van der Waals surface area contributed by atoms with Gasteiger partial charge in [-0.2, -0.15) is 0 Å². The van der Waals surface area contributed by atoms with Crippen molar-refractivity contribution in [2.45, 2.75) is 33.2 Å². The lowest BCUT2D eigenvalue weighted by molar-refractivity contribution is -0.137. The summed E-state index contributed by atoms with van der Waals surface area (Å²) >= 11 is 0. The number of hydrogen-bond donors (Lipinski definition) is 1. The van der Waals surface area contributed by atoms with Crippen molar-refractivity contribution in [2.24, 2.45) is 5.92 Å². The molecular weight excluding hydrogens is 428 g/mol. The van der Waals surface area contributed by atoms with Crippen LogP contribution < -0.4 is 5.32 Å². The maximum Gasteiger partial charge on any atom is 0.238 e. The molecule has 0 aromatic heterocycles. The molecule has 2 aromatic rings. The number of hydrogen-bond acceptors (Lipinski definition) is 4. The fourth-order valence-electron chi connectivity index (χ4n) is 4.96. The molecule has 34 heavy (non-hydrogen) atoms. The maximum atomic E-state index is 13.1. The van der Waals surface area contributed by atoms with Crippen LogP contribution in [0, 0.1) is 19.8 Å². The SMILES string of the molecule is Cc1cccc(C)c1NC(=O)CN1CCN(C(=O)[C@H]2CC(=O)N([C@@H](C)c3ccccc3)C2)CC1. The number of nitrogens with one attached hydrogen (secondary N) is 1. The lowest BCUT2D eigenvalue weighted by Crippen LogP contribution is -2.52. The quantitative estimate of drug-likeness (QED) is 0.716. The number of carbonyl (C=O) groups is 3. The van der Waals surface area contributed by atoms with Gasteiger partial charge >= 0.3 is 0 Å². The molecule has 0 spiro atoms. The van der Waals surface area contributed by atoms with E-state index in [1.807, 2.05) is 79.1 Å². The zero-order valence-electron chi connectivity index (χ0n) is 20.3. The van der Waals surface area contributed by atoms with Crippen LogP contribution in [0.1, 0.15) is 36.1 Å². The van der Waals surface area contributed by atoms with Gasteiger partial charge in [-0.05, 0) is 37.5 Å². The molecule has 2 aliphatic rings. The summed E-state index contributed by atoms with van der Waals surface area (Å²) in [7, 11) is 0. The second kappa shape index (κ2) is 10.4. The van der Waals surface area contributed by atoms with Gasteiger partial charge in [-0.15, -0.1) is 0 Å². The van der Waals surface area contributed by atoms with Crippen LogP contribution in [0.2, 0.25) is 0 Å². The fraction of sp³-hybridized carbons (Fsp3) is 0.444. The summed E-state index contributed by atoms with van der Waals surface area (Å²) in [5.74, 6) is -0.242. The first-order chi connectivity index (χ1) is 16.3. The molecule has 1 N–H and O–H groups in total. The summed E-state index contributed by atoms with van der Waals surface area (Å²) in [6.07, 6.45) is 0.272. The van der Waals surface area contributed by atoms with Crippen LogP contribution in [0.5, 0.6) is 0 Å². The third kappa shape index (κ3) is 5.30. The third-order valence-electron chi connectivity index (χ3n) is 7.05. The zero-order valence-corrected chi connectivity index (χ0v) is 20.3. The van der Waals surface area contributed by atoms with Crippen molar-refractivity contribution >= 4 is 23.4 Å². The Labute approximate surface area is 201 Å². The van der Waals surface area contributed by atoms with E-state index in [0.29, 0.717) is 39.3 Å². The minimum absolute atomic E-state index is 0.0379. The Kier molecular flexibility index (Phi) is 7.32. The molecule has 7 heteroatoms. The van der Waals surface area contributed by atoms with E-state index < -0.39 is 0 Å². The van der Waals surface area contributed by atoms with Crippen LogP contribution in [-0.4, -0.2) is 71.7 Å². The van der Waals surface area contributed by atoms with E-state index in [1.165, 1.54) is 0 Å². The molecule has 7 nitrogen and oxygen atoms in total. The van der Waals surface area contributed by atoms with Crippen molar-refractivity contribution in [1.82, 2.24) is 14.7 Å². The lowest BCUT2D eigenvalue weighted by Gasteiger charge is -2.35. The number of para-hydroxylation sites is 1. The summed E-state index contributed by atoms with van der Waals surface area (Å²) in [6.45, 7) is 9.22. The van der Waals surface area contributed by atoms with Gasteiger partial charge in [0.05, 0.1) is 18.5 Å². The Morgan fingerprint density at radius 3 is 2.26 bits per heavy atom. The molecule has 2 heterocycles. The Morgan fingerprint density at radius 2 is 1.62 bits per heavy atom. The largest absolute Gasteiger partial charge is 0.340 e. The number of nitrogens with zero attached hydrogens (tertiary/aromatic N) is 3. The number of amides is 3. The number of benzene rings is 2. The molecule has 0 unspecified atom stereocenters. The van der Waals surface area contributed by atoms with Crippen LogP contribution in [0.4, 0.5) is 5.69 Å². The van der Waals surface area contributed by atoms with Crippen LogP contribution in [0.15, 0.2) is 48.5 Å². The zero-order chi connectivity index (χ0) is 24.2. The van der Waals surface area contributed by atoms with E-state index in [0.717, 1.165) is 22.4 Å². The number of anilines is 1. The minimum Gasteiger partial charge on any atom is -0.340 e. The predicted octanol–water partition coefficient (Wildman–Crippen LogP) is 3.00. The van der Waals surface area contributed by atoms with Crippen LogP contribution in [0.3, 0.4) is 0 Å². The highest BCUT2D eigenvalue weighted by Gasteiger charge is 2.39. The van der Waals surface area contributed by atoms with Gasteiger partial charge in [0.1, 0.15) is 0 Å². The molecular formula is C27H34N4O3. The molecule has 4 rings (SSSR count). The van der Waals surface area contributed by atoms with Gasteiger partial charge in [0, 0.05) is 44.8 Å². The molecule has 2 aliphatic heterocycles. The van der Waals surface area contributed by atoms with Gasteiger partial charge in [0.25, 0.3) is 0 Å². The van der Waals surface area contributed by atoms with Crippen LogP contribution in [-0.2, 0) is 14.4 Å². The molecule has 180 valence electrons. The third-order valence-corrected chi connectivity index (χ3v) is 7.05. The smallest absolute Gasteiger partial charge is 0.238 e. The van der Waals surface area contributed by atoms with E-state index in [1.54, 1.807) is 0 Å². The highest BCUT2D eigenvalue weighted by atomic mass is 16.2.